The molecule has 0 saturated heterocycles. The average molecular weight is 327 g/mol. The topological polar surface area (TPSA) is 46.5 Å². The third-order valence-corrected chi connectivity index (χ3v) is 5.45. The van der Waals surface area contributed by atoms with Gasteiger partial charge in [-0.3, -0.25) is 4.79 Å². The predicted octanol–water partition coefficient (Wildman–Crippen LogP) is 4.82. The van der Waals surface area contributed by atoms with Crippen molar-refractivity contribution in [1.82, 2.24) is 0 Å². The Bertz CT molecular complexity index is 351. The first-order valence-electron chi connectivity index (χ1n) is 9.30. The van der Waals surface area contributed by atoms with Crippen LogP contribution in [-0.4, -0.2) is 23.8 Å². The number of hydrogen-bond donors (Lipinski definition) is 1. The maximum absolute atomic E-state index is 11.8. The smallest absolute Gasteiger partial charge is 0.305 e. The van der Waals surface area contributed by atoms with E-state index in [9.17, 15) is 9.90 Å². The first-order valence-corrected chi connectivity index (χ1v) is 9.30. The number of hydrogen-bond acceptors (Lipinski definition) is 3. The maximum Gasteiger partial charge on any atom is 0.305 e. The molecule has 0 aliphatic heterocycles. The van der Waals surface area contributed by atoms with E-state index in [1.54, 1.807) is 0 Å². The molecule has 0 aromatic carbocycles. The molecule has 1 aliphatic rings. The molecule has 136 valence electrons. The van der Waals surface area contributed by atoms with Gasteiger partial charge < -0.3 is 9.84 Å². The second kappa shape index (κ2) is 8.00. The second-order valence-electron chi connectivity index (χ2n) is 9.53. The van der Waals surface area contributed by atoms with Gasteiger partial charge in [0.05, 0.1) is 12.7 Å². The van der Waals surface area contributed by atoms with E-state index in [1.807, 2.05) is 6.92 Å². The lowest BCUT2D eigenvalue weighted by molar-refractivity contribution is -0.144. The maximum atomic E-state index is 11.8. The van der Waals surface area contributed by atoms with Crippen LogP contribution in [0.1, 0.15) is 80.6 Å². The van der Waals surface area contributed by atoms with Gasteiger partial charge in [0.15, 0.2) is 0 Å². The van der Waals surface area contributed by atoms with Crippen LogP contribution in [0.25, 0.3) is 0 Å². The van der Waals surface area contributed by atoms with Gasteiger partial charge in [-0.15, -0.1) is 0 Å². The molecule has 0 radical (unpaired) electrons. The van der Waals surface area contributed by atoms with E-state index < -0.39 is 0 Å². The Labute approximate surface area is 143 Å². The van der Waals surface area contributed by atoms with E-state index in [0.717, 1.165) is 25.7 Å². The highest BCUT2D eigenvalue weighted by molar-refractivity contribution is 5.69. The Morgan fingerprint density at radius 1 is 1.04 bits per heavy atom. The van der Waals surface area contributed by atoms with Crippen molar-refractivity contribution in [2.75, 3.05) is 6.61 Å². The molecule has 3 nitrogen and oxygen atoms in total. The fourth-order valence-corrected chi connectivity index (χ4v) is 3.95. The summed E-state index contributed by atoms with van der Waals surface area (Å²) >= 11 is 0. The molecule has 2 atom stereocenters. The Hall–Kier alpha value is -0.570. The highest BCUT2D eigenvalue weighted by atomic mass is 16.5. The molecule has 3 heteroatoms. The normalized spacial score (nSPS) is 29.4. The average Bonchev–Trinajstić information content (AvgIpc) is 2.41. The van der Waals surface area contributed by atoms with Crippen molar-refractivity contribution in [2.45, 2.75) is 86.7 Å². The van der Waals surface area contributed by atoms with Crippen molar-refractivity contribution in [1.29, 1.82) is 0 Å². The van der Waals surface area contributed by atoms with Gasteiger partial charge in [0.1, 0.15) is 0 Å². The predicted molar refractivity (Wildman–Crippen MR) is 95.1 cm³/mol. The minimum absolute atomic E-state index is 0.0717. The van der Waals surface area contributed by atoms with Crippen molar-refractivity contribution in [3.05, 3.63) is 0 Å². The van der Waals surface area contributed by atoms with E-state index in [-0.39, 0.29) is 34.7 Å². The molecule has 0 spiro atoms. The molecule has 1 saturated carbocycles. The molecule has 0 aromatic rings. The Morgan fingerprint density at radius 3 is 1.91 bits per heavy atom. The zero-order chi connectivity index (χ0) is 17.8. The standard InChI is InChI=1S/C20H38O3/c1-8-11-23-17(21)10-9-14-12-15(19(2,3)4)18(22)16(13-14)20(5,6)7/h14-16,18,22H,8-13H2,1-7H3. The Balaban J connectivity index is 2.75. The molecule has 0 heterocycles. The van der Waals surface area contributed by atoms with Crippen LogP contribution < -0.4 is 0 Å². The summed E-state index contributed by atoms with van der Waals surface area (Å²) in [5, 5.41) is 10.9. The van der Waals surface area contributed by atoms with Gasteiger partial charge in [0, 0.05) is 6.42 Å². The number of rotatable bonds is 5. The number of carbonyl (C=O) groups excluding carboxylic acids is 1. The number of aliphatic hydroxyl groups is 1. The zero-order valence-corrected chi connectivity index (χ0v) is 16.3. The fraction of sp³-hybridized carbons (Fsp3) is 0.950. The summed E-state index contributed by atoms with van der Waals surface area (Å²) in [5.74, 6) is 1.01. The summed E-state index contributed by atoms with van der Waals surface area (Å²) in [5.41, 5.74) is 0.175. The number of carbonyl (C=O) groups is 1. The van der Waals surface area contributed by atoms with Crippen LogP contribution in [0.2, 0.25) is 0 Å². The number of aliphatic hydroxyl groups excluding tert-OH is 1. The molecule has 1 aliphatic carbocycles. The van der Waals surface area contributed by atoms with Crippen LogP contribution >= 0.6 is 0 Å². The van der Waals surface area contributed by atoms with Crippen molar-refractivity contribution in [3.63, 3.8) is 0 Å². The minimum Gasteiger partial charge on any atom is -0.466 e. The quantitative estimate of drug-likeness (QED) is 0.737. The van der Waals surface area contributed by atoms with Crippen LogP contribution in [0.15, 0.2) is 0 Å². The molecular formula is C20H38O3. The van der Waals surface area contributed by atoms with E-state index in [0.29, 0.717) is 18.9 Å². The number of esters is 1. The lowest BCUT2D eigenvalue weighted by Gasteiger charge is -2.49. The molecule has 1 fully saturated rings. The summed E-state index contributed by atoms with van der Waals surface area (Å²) in [6.45, 7) is 15.9. The highest BCUT2D eigenvalue weighted by Gasteiger charge is 2.45. The number of ether oxygens (including phenoxy) is 1. The molecule has 0 bridgehead atoms. The van der Waals surface area contributed by atoms with Gasteiger partial charge in [0.25, 0.3) is 0 Å². The van der Waals surface area contributed by atoms with Gasteiger partial charge in [-0.05, 0) is 54.3 Å². The van der Waals surface area contributed by atoms with Gasteiger partial charge >= 0.3 is 5.97 Å². The van der Waals surface area contributed by atoms with Crippen LogP contribution in [0.5, 0.6) is 0 Å². The van der Waals surface area contributed by atoms with Gasteiger partial charge in [0.2, 0.25) is 0 Å². The monoisotopic (exact) mass is 326 g/mol. The lowest BCUT2D eigenvalue weighted by Crippen LogP contribution is -2.47. The van der Waals surface area contributed by atoms with Crippen LogP contribution in [0.4, 0.5) is 0 Å². The van der Waals surface area contributed by atoms with Crippen LogP contribution in [0.3, 0.4) is 0 Å². The van der Waals surface area contributed by atoms with Gasteiger partial charge in [-0.1, -0.05) is 48.5 Å². The molecule has 0 amide bonds. The van der Waals surface area contributed by atoms with Crippen molar-refractivity contribution in [2.24, 2.45) is 28.6 Å². The SMILES string of the molecule is CCCOC(=O)CCC1CC(C(C)(C)C)C(O)C(C(C)(C)C)C1. The highest BCUT2D eigenvalue weighted by Crippen LogP contribution is 2.49. The summed E-state index contributed by atoms with van der Waals surface area (Å²) in [6.07, 6.45) is 4.04. The van der Waals surface area contributed by atoms with Crippen molar-refractivity contribution < 1.29 is 14.6 Å². The summed E-state index contributed by atoms with van der Waals surface area (Å²) in [4.78, 5) is 11.8. The van der Waals surface area contributed by atoms with E-state index in [4.69, 9.17) is 4.74 Å². The third-order valence-electron chi connectivity index (χ3n) is 5.45. The molecule has 1 rings (SSSR count). The zero-order valence-electron chi connectivity index (χ0n) is 16.3. The molecule has 0 aromatic heterocycles. The van der Waals surface area contributed by atoms with Gasteiger partial charge in [-0.25, -0.2) is 0 Å². The lowest BCUT2D eigenvalue weighted by atomic mass is 9.58. The fourth-order valence-electron chi connectivity index (χ4n) is 3.95. The molecular weight excluding hydrogens is 288 g/mol. The summed E-state index contributed by atoms with van der Waals surface area (Å²) in [6, 6.07) is 0. The first kappa shape index (κ1) is 20.5. The molecule has 2 unspecified atom stereocenters. The first-order chi connectivity index (χ1) is 10.5. The van der Waals surface area contributed by atoms with E-state index in [2.05, 4.69) is 41.5 Å². The van der Waals surface area contributed by atoms with Crippen LogP contribution in [0, 0.1) is 28.6 Å². The third kappa shape index (κ3) is 6.10. The van der Waals surface area contributed by atoms with E-state index >= 15 is 0 Å². The second-order valence-corrected chi connectivity index (χ2v) is 9.53. The van der Waals surface area contributed by atoms with Crippen molar-refractivity contribution in [3.8, 4) is 0 Å². The largest absolute Gasteiger partial charge is 0.466 e. The summed E-state index contributed by atoms with van der Waals surface area (Å²) < 4.78 is 5.20. The van der Waals surface area contributed by atoms with Crippen molar-refractivity contribution >= 4 is 5.97 Å². The molecule has 1 N–H and O–H groups in total. The Morgan fingerprint density at radius 2 is 1.52 bits per heavy atom. The summed E-state index contributed by atoms with van der Waals surface area (Å²) in [7, 11) is 0. The Kier molecular flexibility index (Phi) is 7.12. The van der Waals surface area contributed by atoms with Crippen LogP contribution in [-0.2, 0) is 9.53 Å². The van der Waals surface area contributed by atoms with Gasteiger partial charge in [-0.2, -0.15) is 0 Å². The molecule has 23 heavy (non-hydrogen) atoms. The van der Waals surface area contributed by atoms with E-state index in [1.165, 1.54) is 0 Å². The minimum atomic E-state index is -0.252.